The molecule has 2 rings (SSSR count). The number of hydrogen-bond donors (Lipinski definition) is 2. The van der Waals surface area contributed by atoms with Gasteiger partial charge in [0.05, 0.1) is 11.0 Å². The smallest absolute Gasteiger partial charge is 0.295 e. The first-order chi connectivity index (χ1) is 9.97. The van der Waals surface area contributed by atoms with Crippen molar-refractivity contribution in [1.29, 1.82) is 0 Å². The number of anilines is 1. The van der Waals surface area contributed by atoms with E-state index >= 15 is 0 Å². The first-order valence-electron chi connectivity index (χ1n) is 6.98. The molecule has 1 amide bonds. The number of nitro groups is 1. The van der Waals surface area contributed by atoms with Crippen LogP contribution in [-0.2, 0) is 4.79 Å². The lowest BCUT2D eigenvalue weighted by Gasteiger charge is -2.18. The summed E-state index contributed by atoms with van der Waals surface area (Å²) >= 11 is 0. The van der Waals surface area contributed by atoms with Crippen LogP contribution in [0.3, 0.4) is 0 Å². The van der Waals surface area contributed by atoms with Crippen LogP contribution in [0.15, 0.2) is 18.2 Å². The zero-order valence-electron chi connectivity index (χ0n) is 11.8. The van der Waals surface area contributed by atoms with Gasteiger partial charge in [-0.3, -0.25) is 14.9 Å². The van der Waals surface area contributed by atoms with Crippen molar-refractivity contribution in [2.24, 2.45) is 0 Å². The Morgan fingerprint density at radius 2 is 2.10 bits per heavy atom. The monoisotopic (exact) mass is 295 g/mol. The maximum atomic E-state index is 13.1. The molecule has 0 spiro atoms. The Kier molecular flexibility index (Phi) is 4.72. The van der Waals surface area contributed by atoms with E-state index in [-0.39, 0.29) is 23.3 Å². The van der Waals surface area contributed by atoms with Crippen molar-refractivity contribution in [2.45, 2.75) is 44.7 Å². The highest BCUT2D eigenvalue weighted by molar-refractivity contribution is 5.85. The zero-order valence-corrected chi connectivity index (χ0v) is 11.8. The van der Waals surface area contributed by atoms with E-state index in [9.17, 15) is 19.3 Å². The van der Waals surface area contributed by atoms with E-state index < -0.39 is 16.8 Å². The summed E-state index contributed by atoms with van der Waals surface area (Å²) in [5.41, 5.74) is -0.244. The molecule has 0 aromatic heterocycles. The lowest BCUT2D eigenvalue weighted by Crippen LogP contribution is -2.42. The largest absolute Gasteiger partial charge is 0.368 e. The van der Waals surface area contributed by atoms with Crippen molar-refractivity contribution < 1.29 is 14.1 Å². The van der Waals surface area contributed by atoms with Crippen molar-refractivity contribution in [3.63, 3.8) is 0 Å². The predicted octanol–water partition coefficient (Wildman–Crippen LogP) is 2.59. The number of carbonyl (C=O) groups is 1. The molecule has 0 heterocycles. The van der Waals surface area contributed by atoms with E-state index in [4.69, 9.17) is 0 Å². The summed E-state index contributed by atoms with van der Waals surface area (Å²) in [4.78, 5) is 22.3. The molecule has 7 heteroatoms. The van der Waals surface area contributed by atoms with Crippen molar-refractivity contribution in [3.05, 3.63) is 34.1 Å². The summed E-state index contributed by atoms with van der Waals surface area (Å²) in [7, 11) is 0. The van der Waals surface area contributed by atoms with Gasteiger partial charge in [0.15, 0.2) is 0 Å². The predicted molar refractivity (Wildman–Crippen MR) is 76.5 cm³/mol. The van der Waals surface area contributed by atoms with E-state index in [1.165, 1.54) is 6.07 Å². The fourth-order valence-electron chi connectivity index (χ4n) is 2.47. The standard InChI is InChI=1S/C14H18FN3O3/c1-9(14(19)17-11-4-2-3-5-11)16-12-7-6-10(15)8-13(12)18(20)21/h6-9,11,16H,2-5H2,1H3,(H,17,19). The third kappa shape index (κ3) is 3.90. The number of rotatable bonds is 5. The van der Waals surface area contributed by atoms with Crippen LogP contribution in [0.4, 0.5) is 15.8 Å². The van der Waals surface area contributed by atoms with Gasteiger partial charge in [0.2, 0.25) is 5.91 Å². The second-order valence-corrected chi connectivity index (χ2v) is 5.27. The van der Waals surface area contributed by atoms with E-state index in [0.717, 1.165) is 37.8 Å². The fourth-order valence-corrected chi connectivity index (χ4v) is 2.47. The number of carbonyl (C=O) groups excluding carboxylic acids is 1. The molecule has 0 aliphatic heterocycles. The molecule has 1 saturated carbocycles. The average molecular weight is 295 g/mol. The summed E-state index contributed by atoms with van der Waals surface area (Å²) in [6.07, 6.45) is 4.15. The summed E-state index contributed by atoms with van der Waals surface area (Å²) in [5.74, 6) is -0.893. The molecule has 1 aromatic rings. The summed E-state index contributed by atoms with van der Waals surface area (Å²) in [6, 6.07) is 2.79. The Hall–Kier alpha value is -2.18. The molecule has 1 aliphatic rings. The van der Waals surface area contributed by atoms with Gasteiger partial charge in [0.25, 0.3) is 5.69 Å². The van der Waals surface area contributed by atoms with Crippen LogP contribution in [0.25, 0.3) is 0 Å². The highest BCUT2D eigenvalue weighted by Crippen LogP contribution is 2.25. The molecule has 0 radical (unpaired) electrons. The number of amides is 1. The maximum absolute atomic E-state index is 13.1. The Bertz CT molecular complexity index is 544. The number of halogens is 1. The van der Waals surface area contributed by atoms with Crippen LogP contribution in [0.1, 0.15) is 32.6 Å². The van der Waals surface area contributed by atoms with E-state index in [1.54, 1.807) is 6.92 Å². The third-order valence-electron chi connectivity index (χ3n) is 3.62. The first-order valence-corrected chi connectivity index (χ1v) is 6.98. The van der Waals surface area contributed by atoms with Gasteiger partial charge < -0.3 is 10.6 Å². The minimum absolute atomic E-state index is 0.135. The third-order valence-corrected chi connectivity index (χ3v) is 3.62. The molecule has 1 fully saturated rings. The summed E-state index contributed by atoms with van der Waals surface area (Å²) in [6.45, 7) is 1.62. The van der Waals surface area contributed by atoms with Gasteiger partial charge in [-0.15, -0.1) is 0 Å². The topological polar surface area (TPSA) is 84.3 Å². The van der Waals surface area contributed by atoms with E-state index in [0.29, 0.717) is 0 Å². The van der Waals surface area contributed by atoms with Crippen molar-refractivity contribution in [3.8, 4) is 0 Å². The second-order valence-electron chi connectivity index (χ2n) is 5.27. The lowest BCUT2D eigenvalue weighted by molar-refractivity contribution is -0.384. The Labute approximate surface area is 121 Å². The molecule has 1 aromatic carbocycles. The van der Waals surface area contributed by atoms with Crippen LogP contribution in [0.5, 0.6) is 0 Å². The van der Waals surface area contributed by atoms with E-state index in [1.807, 2.05) is 0 Å². The number of nitro benzene ring substituents is 1. The Balaban J connectivity index is 2.03. The molecular formula is C14H18FN3O3. The zero-order chi connectivity index (χ0) is 15.4. The molecule has 2 N–H and O–H groups in total. The SMILES string of the molecule is CC(Nc1ccc(F)cc1[N+](=O)[O-])C(=O)NC1CCCC1. The minimum atomic E-state index is -0.685. The fraction of sp³-hybridized carbons (Fsp3) is 0.500. The van der Waals surface area contributed by atoms with Gasteiger partial charge in [0.1, 0.15) is 17.5 Å². The average Bonchev–Trinajstić information content (AvgIpc) is 2.93. The Morgan fingerprint density at radius 3 is 2.71 bits per heavy atom. The molecular weight excluding hydrogens is 277 g/mol. The van der Waals surface area contributed by atoms with Crippen LogP contribution in [0, 0.1) is 15.9 Å². The molecule has 0 saturated heterocycles. The minimum Gasteiger partial charge on any atom is -0.368 e. The van der Waals surface area contributed by atoms with Crippen LogP contribution in [-0.4, -0.2) is 22.9 Å². The quantitative estimate of drug-likeness (QED) is 0.646. The Morgan fingerprint density at radius 1 is 1.43 bits per heavy atom. The lowest BCUT2D eigenvalue weighted by atomic mass is 10.2. The van der Waals surface area contributed by atoms with Crippen LogP contribution in [0.2, 0.25) is 0 Å². The molecule has 1 unspecified atom stereocenters. The summed E-state index contributed by atoms with van der Waals surface area (Å²) in [5, 5.41) is 16.6. The molecule has 21 heavy (non-hydrogen) atoms. The van der Waals surface area contributed by atoms with Gasteiger partial charge in [-0.2, -0.15) is 0 Å². The molecule has 1 atom stereocenters. The molecule has 0 bridgehead atoms. The maximum Gasteiger partial charge on any atom is 0.295 e. The van der Waals surface area contributed by atoms with Crippen molar-refractivity contribution >= 4 is 17.3 Å². The van der Waals surface area contributed by atoms with Gasteiger partial charge in [-0.25, -0.2) is 4.39 Å². The van der Waals surface area contributed by atoms with Crippen LogP contribution < -0.4 is 10.6 Å². The van der Waals surface area contributed by atoms with Gasteiger partial charge in [0, 0.05) is 6.04 Å². The van der Waals surface area contributed by atoms with Crippen molar-refractivity contribution in [2.75, 3.05) is 5.32 Å². The van der Waals surface area contributed by atoms with Gasteiger partial charge in [-0.1, -0.05) is 12.8 Å². The number of nitrogens with zero attached hydrogens (tertiary/aromatic N) is 1. The molecule has 6 nitrogen and oxygen atoms in total. The van der Waals surface area contributed by atoms with E-state index in [2.05, 4.69) is 10.6 Å². The van der Waals surface area contributed by atoms with Crippen molar-refractivity contribution in [1.82, 2.24) is 5.32 Å². The molecule has 114 valence electrons. The first kappa shape index (κ1) is 15.2. The van der Waals surface area contributed by atoms with Gasteiger partial charge >= 0.3 is 0 Å². The summed E-state index contributed by atoms with van der Waals surface area (Å²) < 4.78 is 13.1. The highest BCUT2D eigenvalue weighted by atomic mass is 19.1. The number of benzene rings is 1. The second kappa shape index (κ2) is 6.51. The molecule has 1 aliphatic carbocycles. The number of hydrogen-bond acceptors (Lipinski definition) is 4. The van der Waals surface area contributed by atoms with Crippen LogP contribution >= 0.6 is 0 Å². The normalized spacial score (nSPS) is 16.5. The van der Waals surface area contributed by atoms with Gasteiger partial charge in [-0.05, 0) is 31.9 Å². The number of nitrogens with one attached hydrogen (secondary N) is 2. The highest BCUT2D eigenvalue weighted by Gasteiger charge is 2.23.